The Morgan fingerprint density at radius 1 is 1.08 bits per heavy atom. The fraction of sp³-hybridized carbons (Fsp3) is 0.467. The molecule has 1 aliphatic heterocycles. The van der Waals surface area contributed by atoms with Crippen molar-refractivity contribution < 1.29 is 19.1 Å². The maximum atomic E-state index is 13.9. The molecule has 0 radical (unpaired) electrons. The van der Waals surface area contributed by atoms with E-state index in [-0.39, 0.29) is 17.9 Å². The highest BCUT2D eigenvalue weighted by molar-refractivity contribution is 5.98. The van der Waals surface area contributed by atoms with Crippen LogP contribution in [0.1, 0.15) is 56.6 Å². The summed E-state index contributed by atoms with van der Waals surface area (Å²) < 4.78 is 13.0. The van der Waals surface area contributed by atoms with Crippen LogP contribution in [0.15, 0.2) is 54.6 Å². The number of ether oxygens (including phenoxy) is 2. The molecule has 0 aliphatic carbocycles. The van der Waals surface area contributed by atoms with Gasteiger partial charge in [-0.05, 0) is 76.3 Å². The number of piperidine rings is 1. The van der Waals surface area contributed by atoms with Gasteiger partial charge in [-0.3, -0.25) is 4.79 Å². The minimum atomic E-state index is -0.521. The molecule has 7 nitrogen and oxygen atoms in total. The number of fused-ring (bicyclic) bond motifs is 1. The van der Waals surface area contributed by atoms with E-state index >= 15 is 0 Å². The second kappa shape index (κ2) is 11.3. The molecule has 1 saturated heterocycles. The molecule has 1 unspecified atom stereocenters. The molecular formula is C30H39N3O4. The minimum Gasteiger partial charge on any atom is -0.497 e. The number of benzene rings is 2. The fourth-order valence-electron chi connectivity index (χ4n) is 5.01. The van der Waals surface area contributed by atoms with Crippen LogP contribution in [0.25, 0.3) is 10.9 Å². The number of aromatic nitrogens is 1. The van der Waals surface area contributed by atoms with Gasteiger partial charge in [0.1, 0.15) is 17.0 Å². The SMILES string of the molecule is CCN(CC1CCCN(C(=O)OC(C)(C)C)C1)C(=O)c1cc2ccccc2n1Cc1ccc(OC)cc1. The molecule has 2 amide bonds. The van der Waals surface area contributed by atoms with Gasteiger partial charge in [-0.25, -0.2) is 4.79 Å². The summed E-state index contributed by atoms with van der Waals surface area (Å²) in [4.78, 5) is 30.3. The summed E-state index contributed by atoms with van der Waals surface area (Å²) in [6.07, 6.45) is 1.62. The molecule has 2 heterocycles. The number of nitrogens with zero attached hydrogens (tertiary/aromatic N) is 3. The van der Waals surface area contributed by atoms with E-state index in [0.29, 0.717) is 38.4 Å². The Bertz CT molecular complexity index is 1230. The lowest BCUT2D eigenvalue weighted by atomic mass is 9.97. The second-order valence-corrected chi connectivity index (χ2v) is 10.8. The summed E-state index contributed by atoms with van der Waals surface area (Å²) in [6, 6.07) is 18.1. The Labute approximate surface area is 219 Å². The van der Waals surface area contributed by atoms with Crippen molar-refractivity contribution in [3.63, 3.8) is 0 Å². The average molecular weight is 506 g/mol. The molecule has 1 aliphatic rings. The summed E-state index contributed by atoms with van der Waals surface area (Å²) in [7, 11) is 1.66. The topological polar surface area (TPSA) is 64.0 Å². The van der Waals surface area contributed by atoms with Crippen molar-refractivity contribution in [2.75, 3.05) is 33.3 Å². The van der Waals surface area contributed by atoms with Gasteiger partial charge in [0.05, 0.1) is 7.11 Å². The number of rotatable bonds is 7. The molecule has 0 N–H and O–H groups in total. The zero-order chi connectivity index (χ0) is 26.6. The lowest BCUT2D eigenvalue weighted by Gasteiger charge is -2.36. The zero-order valence-corrected chi connectivity index (χ0v) is 22.7. The molecule has 3 aromatic rings. The van der Waals surface area contributed by atoms with Gasteiger partial charge in [-0.15, -0.1) is 0 Å². The van der Waals surface area contributed by atoms with Crippen molar-refractivity contribution in [1.82, 2.24) is 14.4 Å². The van der Waals surface area contributed by atoms with Gasteiger partial charge >= 0.3 is 6.09 Å². The standard InChI is InChI=1S/C30H39N3O4/c1-6-31(19-23-10-9-17-32(20-23)29(35)37-30(2,3)4)28(34)27-18-24-11-7-8-12-26(24)33(27)21-22-13-15-25(36-5)16-14-22/h7-8,11-16,18,23H,6,9-10,17,19-21H2,1-5H3. The van der Waals surface area contributed by atoms with Crippen LogP contribution in [-0.4, -0.2) is 65.3 Å². The molecule has 1 aromatic heterocycles. The van der Waals surface area contributed by atoms with Crippen molar-refractivity contribution in [2.24, 2.45) is 5.92 Å². The number of carbonyl (C=O) groups is 2. The van der Waals surface area contributed by atoms with E-state index in [9.17, 15) is 9.59 Å². The highest BCUT2D eigenvalue weighted by Gasteiger charge is 2.30. The molecule has 7 heteroatoms. The minimum absolute atomic E-state index is 0.0154. The number of carbonyl (C=O) groups excluding carboxylic acids is 2. The van der Waals surface area contributed by atoms with Crippen LogP contribution < -0.4 is 4.74 Å². The lowest BCUT2D eigenvalue weighted by Crippen LogP contribution is -2.46. The molecule has 1 fully saturated rings. The highest BCUT2D eigenvalue weighted by atomic mass is 16.6. The maximum Gasteiger partial charge on any atom is 0.410 e. The van der Waals surface area contributed by atoms with Crippen LogP contribution in [0.4, 0.5) is 4.79 Å². The molecule has 0 bridgehead atoms. The number of methoxy groups -OCH3 is 1. The van der Waals surface area contributed by atoms with Gasteiger partial charge in [-0.2, -0.15) is 0 Å². The van der Waals surface area contributed by atoms with Gasteiger partial charge < -0.3 is 23.8 Å². The first-order valence-electron chi connectivity index (χ1n) is 13.2. The monoisotopic (exact) mass is 505 g/mol. The van der Waals surface area contributed by atoms with E-state index in [2.05, 4.69) is 10.6 Å². The Kier molecular flexibility index (Phi) is 8.10. The fourth-order valence-corrected chi connectivity index (χ4v) is 5.01. The summed E-state index contributed by atoms with van der Waals surface area (Å²) >= 11 is 0. The molecule has 37 heavy (non-hydrogen) atoms. The van der Waals surface area contributed by atoms with Crippen LogP contribution in [-0.2, 0) is 11.3 Å². The Balaban J connectivity index is 1.54. The highest BCUT2D eigenvalue weighted by Crippen LogP contribution is 2.25. The first-order valence-corrected chi connectivity index (χ1v) is 13.2. The van der Waals surface area contributed by atoms with Crippen molar-refractivity contribution >= 4 is 22.9 Å². The number of likely N-dealkylation sites (tertiary alicyclic amines) is 1. The van der Waals surface area contributed by atoms with Gasteiger partial charge in [0.2, 0.25) is 0 Å². The average Bonchev–Trinajstić information content (AvgIpc) is 3.25. The largest absolute Gasteiger partial charge is 0.497 e. The summed E-state index contributed by atoms with van der Waals surface area (Å²) in [5.41, 5.74) is 2.29. The molecule has 2 aromatic carbocycles. The predicted molar refractivity (Wildman–Crippen MR) is 146 cm³/mol. The molecule has 4 rings (SSSR count). The van der Waals surface area contributed by atoms with E-state index in [4.69, 9.17) is 9.47 Å². The first kappa shape index (κ1) is 26.6. The van der Waals surface area contributed by atoms with Crippen molar-refractivity contribution in [3.05, 3.63) is 65.9 Å². The third-order valence-electron chi connectivity index (χ3n) is 6.85. The van der Waals surface area contributed by atoms with Gasteiger partial charge in [0.15, 0.2) is 0 Å². The van der Waals surface area contributed by atoms with E-state index in [0.717, 1.165) is 35.1 Å². The lowest BCUT2D eigenvalue weighted by molar-refractivity contribution is 0.0147. The Hall–Kier alpha value is -3.48. The second-order valence-electron chi connectivity index (χ2n) is 10.8. The van der Waals surface area contributed by atoms with Crippen LogP contribution in [0.2, 0.25) is 0 Å². The number of hydrogen-bond donors (Lipinski definition) is 0. The van der Waals surface area contributed by atoms with Crippen molar-refractivity contribution in [1.29, 1.82) is 0 Å². The van der Waals surface area contributed by atoms with Gasteiger partial charge in [0, 0.05) is 43.6 Å². The quantitative estimate of drug-likeness (QED) is 0.407. The Morgan fingerprint density at radius 2 is 1.81 bits per heavy atom. The molecule has 0 spiro atoms. The van der Waals surface area contributed by atoms with Crippen LogP contribution in [0.5, 0.6) is 5.75 Å². The van der Waals surface area contributed by atoms with Crippen molar-refractivity contribution in [2.45, 2.75) is 52.7 Å². The molecular weight excluding hydrogens is 466 g/mol. The zero-order valence-electron chi connectivity index (χ0n) is 22.7. The normalized spacial score (nSPS) is 16.0. The third kappa shape index (κ3) is 6.45. The number of amides is 2. The number of para-hydroxylation sites is 1. The summed E-state index contributed by atoms with van der Waals surface area (Å²) in [6.45, 7) is 10.8. The summed E-state index contributed by atoms with van der Waals surface area (Å²) in [5.74, 6) is 1.04. The van der Waals surface area contributed by atoms with E-state index < -0.39 is 5.60 Å². The van der Waals surface area contributed by atoms with E-state index in [1.165, 1.54) is 0 Å². The molecule has 1 atom stereocenters. The van der Waals surface area contributed by atoms with Gasteiger partial charge in [0.25, 0.3) is 5.91 Å². The third-order valence-corrected chi connectivity index (χ3v) is 6.85. The number of hydrogen-bond acceptors (Lipinski definition) is 4. The van der Waals surface area contributed by atoms with Crippen LogP contribution in [0, 0.1) is 5.92 Å². The van der Waals surface area contributed by atoms with E-state index in [1.54, 1.807) is 12.0 Å². The summed E-state index contributed by atoms with van der Waals surface area (Å²) in [5, 5.41) is 1.05. The maximum absolute atomic E-state index is 13.9. The first-order chi connectivity index (χ1) is 17.7. The van der Waals surface area contributed by atoms with Crippen LogP contribution in [0.3, 0.4) is 0 Å². The predicted octanol–water partition coefficient (Wildman–Crippen LogP) is 5.81. The van der Waals surface area contributed by atoms with Gasteiger partial charge in [-0.1, -0.05) is 30.3 Å². The Morgan fingerprint density at radius 3 is 2.49 bits per heavy atom. The van der Waals surface area contributed by atoms with Crippen LogP contribution >= 0.6 is 0 Å². The van der Waals surface area contributed by atoms with Crippen molar-refractivity contribution in [3.8, 4) is 5.75 Å². The molecule has 0 saturated carbocycles. The molecule has 198 valence electrons. The van der Waals surface area contributed by atoms with E-state index in [1.807, 2.05) is 81.1 Å². The smallest absolute Gasteiger partial charge is 0.410 e.